The number of rotatable bonds is 4. The number of amides is 1. The molecule has 0 spiro atoms. The van der Waals surface area contributed by atoms with Crippen molar-refractivity contribution in [1.29, 1.82) is 0 Å². The Hall–Kier alpha value is -1.06. The molecule has 3 nitrogen and oxygen atoms in total. The number of carbonyl (C=O) groups excluding carboxylic acids is 1. The third-order valence-corrected chi connectivity index (χ3v) is 3.83. The zero-order valence-electron chi connectivity index (χ0n) is 10.4. The van der Waals surface area contributed by atoms with E-state index in [4.69, 9.17) is 17.3 Å². The van der Waals surface area contributed by atoms with Gasteiger partial charge in [-0.3, -0.25) is 4.79 Å². The number of hydrogen-bond acceptors (Lipinski definition) is 2. The van der Waals surface area contributed by atoms with Crippen molar-refractivity contribution in [2.45, 2.75) is 31.7 Å². The first-order valence-corrected chi connectivity index (χ1v) is 6.87. The van der Waals surface area contributed by atoms with Crippen molar-refractivity contribution < 1.29 is 4.79 Å². The second kappa shape index (κ2) is 6.21. The van der Waals surface area contributed by atoms with Crippen LogP contribution in [0.3, 0.4) is 0 Å². The molecule has 18 heavy (non-hydrogen) atoms. The maximum absolute atomic E-state index is 12.5. The third kappa shape index (κ3) is 2.85. The van der Waals surface area contributed by atoms with Crippen molar-refractivity contribution in [3.8, 4) is 0 Å². The van der Waals surface area contributed by atoms with E-state index in [9.17, 15) is 4.79 Å². The predicted octanol–water partition coefficient (Wildman–Crippen LogP) is 2.68. The van der Waals surface area contributed by atoms with E-state index < -0.39 is 0 Å². The molecule has 1 aliphatic carbocycles. The number of halogens is 1. The van der Waals surface area contributed by atoms with Crippen molar-refractivity contribution in [3.63, 3.8) is 0 Å². The van der Waals surface area contributed by atoms with Gasteiger partial charge in [-0.15, -0.1) is 0 Å². The molecule has 0 atom stereocenters. The van der Waals surface area contributed by atoms with E-state index in [2.05, 4.69) is 0 Å². The van der Waals surface area contributed by atoms with Crippen LogP contribution in [0.25, 0.3) is 0 Å². The van der Waals surface area contributed by atoms with Crippen LogP contribution in [0.5, 0.6) is 0 Å². The van der Waals surface area contributed by atoms with Crippen LogP contribution in [0.4, 0.5) is 0 Å². The number of nitrogens with two attached hydrogens (primary N) is 1. The van der Waals surface area contributed by atoms with Crippen molar-refractivity contribution >= 4 is 17.5 Å². The Morgan fingerprint density at radius 2 is 2.00 bits per heavy atom. The quantitative estimate of drug-likeness (QED) is 0.911. The number of hydrogen-bond donors (Lipinski definition) is 1. The summed E-state index contributed by atoms with van der Waals surface area (Å²) >= 11 is 6.09. The molecule has 1 amide bonds. The Morgan fingerprint density at radius 3 is 2.61 bits per heavy atom. The Balaban J connectivity index is 2.20. The van der Waals surface area contributed by atoms with Crippen LogP contribution in [-0.2, 0) is 0 Å². The molecule has 4 heteroatoms. The molecule has 1 aromatic rings. The Labute approximate surface area is 113 Å². The van der Waals surface area contributed by atoms with E-state index in [-0.39, 0.29) is 5.91 Å². The zero-order valence-corrected chi connectivity index (χ0v) is 11.2. The molecule has 0 aromatic heterocycles. The topological polar surface area (TPSA) is 46.3 Å². The minimum absolute atomic E-state index is 0.0120. The SMILES string of the molecule is NCCN(C(=O)c1ccccc1Cl)C1CCCC1. The Kier molecular flexibility index (Phi) is 4.61. The molecular formula is C14H19ClN2O. The van der Waals surface area contributed by atoms with Crippen molar-refractivity contribution in [1.82, 2.24) is 4.90 Å². The van der Waals surface area contributed by atoms with Gasteiger partial charge in [0.1, 0.15) is 0 Å². The monoisotopic (exact) mass is 266 g/mol. The van der Waals surface area contributed by atoms with Crippen LogP contribution >= 0.6 is 11.6 Å². The fraction of sp³-hybridized carbons (Fsp3) is 0.500. The minimum atomic E-state index is 0.0120. The highest BCUT2D eigenvalue weighted by atomic mass is 35.5. The first-order chi connectivity index (χ1) is 8.74. The van der Waals surface area contributed by atoms with E-state index in [1.54, 1.807) is 12.1 Å². The summed E-state index contributed by atoms with van der Waals surface area (Å²) in [6.45, 7) is 1.10. The highest BCUT2D eigenvalue weighted by Crippen LogP contribution is 2.26. The van der Waals surface area contributed by atoms with Crippen molar-refractivity contribution in [3.05, 3.63) is 34.9 Å². The fourth-order valence-electron chi connectivity index (χ4n) is 2.59. The number of carbonyl (C=O) groups is 1. The van der Waals surface area contributed by atoms with Crippen LogP contribution in [0.1, 0.15) is 36.0 Å². The zero-order chi connectivity index (χ0) is 13.0. The smallest absolute Gasteiger partial charge is 0.255 e. The van der Waals surface area contributed by atoms with E-state index >= 15 is 0 Å². The molecule has 98 valence electrons. The summed E-state index contributed by atoms with van der Waals surface area (Å²) in [5.74, 6) is 0.0120. The van der Waals surface area contributed by atoms with Crippen molar-refractivity contribution in [2.75, 3.05) is 13.1 Å². The van der Waals surface area contributed by atoms with Crippen LogP contribution in [0.2, 0.25) is 5.02 Å². The van der Waals surface area contributed by atoms with Crippen molar-refractivity contribution in [2.24, 2.45) is 5.73 Å². The number of nitrogens with zero attached hydrogens (tertiary/aromatic N) is 1. The summed E-state index contributed by atoms with van der Waals surface area (Å²) in [5.41, 5.74) is 6.21. The second-order valence-electron chi connectivity index (χ2n) is 4.71. The molecule has 0 bridgehead atoms. The molecule has 0 aliphatic heterocycles. The van der Waals surface area contributed by atoms with Crippen LogP contribution in [-0.4, -0.2) is 29.9 Å². The highest BCUT2D eigenvalue weighted by Gasteiger charge is 2.27. The van der Waals surface area contributed by atoms with E-state index in [1.165, 1.54) is 12.8 Å². The van der Waals surface area contributed by atoms with Gasteiger partial charge in [0.15, 0.2) is 0 Å². The molecule has 0 heterocycles. The van der Waals surface area contributed by atoms with Gasteiger partial charge in [-0.25, -0.2) is 0 Å². The summed E-state index contributed by atoms with van der Waals surface area (Å²) in [7, 11) is 0. The molecule has 1 saturated carbocycles. The van der Waals surface area contributed by atoms with Gasteiger partial charge in [-0.05, 0) is 25.0 Å². The second-order valence-corrected chi connectivity index (χ2v) is 5.11. The van der Waals surface area contributed by atoms with Gasteiger partial charge in [0.2, 0.25) is 0 Å². The van der Waals surface area contributed by atoms with Gasteiger partial charge in [0.25, 0.3) is 5.91 Å². The summed E-state index contributed by atoms with van der Waals surface area (Å²) in [6.07, 6.45) is 4.55. The molecule has 1 fully saturated rings. The summed E-state index contributed by atoms with van der Waals surface area (Å²) in [6, 6.07) is 7.54. The maximum atomic E-state index is 12.5. The van der Waals surface area contributed by atoms with Gasteiger partial charge < -0.3 is 10.6 Å². The molecule has 2 N–H and O–H groups in total. The summed E-state index contributed by atoms with van der Waals surface area (Å²) < 4.78 is 0. The van der Waals surface area contributed by atoms with Crippen LogP contribution in [0, 0.1) is 0 Å². The standard InChI is InChI=1S/C14H19ClN2O/c15-13-8-4-3-7-12(13)14(18)17(10-9-16)11-5-1-2-6-11/h3-4,7-8,11H,1-2,5-6,9-10,16H2. The van der Waals surface area contributed by atoms with Gasteiger partial charge in [0.05, 0.1) is 10.6 Å². The lowest BCUT2D eigenvalue weighted by atomic mass is 10.1. The summed E-state index contributed by atoms with van der Waals surface area (Å²) in [5, 5.41) is 0.516. The lowest BCUT2D eigenvalue weighted by molar-refractivity contribution is 0.0688. The van der Waals surface area contributed by atoms with E-state index in [0.29, 0.717) is 29.7 Å². The normalized spacial score (nSPS) is 15.9. The highest BCUT2D eigenvalue weighted by molar-refractivity contribution is 6.33. The molecule has 1 aromatic carbocycles. The predicted molar refractivity (Wildman–Crippen MR) is 73.8 cm³/mol. The molecular weight excluding hydrogens is 248 g/mol. The summed E-state index contributed by atoms with van der Waals surface area (Å²) in [4.78, 5) is 14.4. The molecule has 0 radical (unpaired) electrons. The average molecular weight is 267 g/mol. The van der Waals surface area contributed by atoms with E-state index in [1.807, 2.05) is 17.0 Å². The maximum Gasteiger partial charge on any atom is 0.255 e. The van der Waals surface area contributed by atoms with Gasteiger partial charge in [0, 0.05) is 19.1 Å². The van der Waals surface area contributed by atoms with Crippen LogP contribution < -0.4 is 5.73 Å². The lowest BCUT2D eigenvalue weighted by Crippen LogP contribution is -2.42. The number of benzene rings is 1. The van der Waals surface area contributed by atoms with Crippen LogP contribution in [0.15, 0.2) is 24.3 Å². The van der Waals surface area contributed by atoms with Gasteiger partial charge in [-0.1, -0.05) is 36.6 Å². The largest absolute Gasteiger partial charge is 0.334 e. The lowest BCUT2D eigenvalue weighted by Gasteiger charge is -2.29. The minimum Gasteiger partial charge on any atom is -0.334 e. The fourth-order valence-corrected chi connectivity index (χ4v) is 2.81. The average Bonchev–Trinajstić information content (AvgIpc) is 2.89. The third-order valence-electron chi connectivity index (χ3n) is 3.50. The van der Waals surface area contributed by atoms with Gasteiger partial charge in [-0.2, -0.15) is 0 Å². The first-order valence-electron chi connectivity index (χ1n) is 6.49. The Bertz CT molecular complexity index is 416. The first kappa shape index (κ1) is 13.4. The molecule has 0 saturated heterocycles. The Morgan fingerprint density at radius 1 is 1.33 bits per heavy atom. The molecule has 1 aliphatic rings. The van der Waals surface area contributed by atoms with E-state index in [0.717, 1.165) is 12.8 Å². The molecule has 2 rings (SSSR count). The molecule has 0 unspecified atom stereocenters. The van der Waals surface area contributed by atoms with Gasteiger partial charge >= 0.3 is 0 Å².